The maximum atomic E-state index is 14.0. The Balaban J connectivity index is 1.28. The van der Waals surface area contributed by atoms with Gasteiger partial charge < -0.3 is 19.5 Å². The van der Waals surface area contributed by atoms with Gasteiger partial charge in [0, 0.05) is 16.1 Å². The number of aliphatic hydroxyl groups is 1. The Labute approximate surface area is 265 Å². The zero-order valence-corrected chi connectivity index (χ0v) is 27.0. The van der Waals surface area contributed by atoms with E-state index in [1.165, 1.54) is 19.3 Å². The van der Waals surface area contributed by atoms with Crippen LogP contribution in [-0.2, 0) is 16.8 Å². The summed E-state index contributed by atoms with van der Waals surface area (Å²) in [7, 11) is 1.62. The predicted octanol–water partition coefficient (Wildman–Crippen LogP) is 8.40. The summed E-state index contributed by atoms with van der Waals surface area (Å²) in [5, 5.41) is 12.8. The molecule has 0 saturated heterocycles. The molecule has 44 heavy (non-hydrogen) atoms. The van der Waals surface area contributed by atoms with E-state index < -0.39 is 5.60 Å². The first kappa shape index (κ1) is 29.4. The van der Waals surface area contributed by atoms with Crippen LogP contribution in [0.4, 0.5) is 5.69 Å². The van der Waals surface area contributed by atoms with E-state index in [0.29, 0.717) is 22.4 Å². The van der Waals surface area contributed by atoms with Gasteiger partial charge in [-0.1, -0.05) is 54.4 Å². The van der Waals surface area contributed by atoms with Crippen molar-refractivity contribution in [2.24, 2.45) is 23.2 Å². The number of ether oxygens (including phenoxy) is 2. The fourth-order valence-electron chi connectivity index (χ4n) is 8.56. The average molecular weight is 612 g/mol. The summed E-state index contributed by atoms with van der Waals surface area (Å²) in [6, 6.07) is 19.2. The van der Waals surface area contributed by atoms with Crippen molar-refractivity contribution in [1.82, 2.24) is 0 Å². The van der Waals surface area contributed by atoms with E-state index >= 15 is 0 Å². The third-order valence-electron chi connectivity index (χ3n) is 10.9. The number of carbonyl (C=O) groups excluding carboxylic acids is 1. The Morgan fingerprint density at radius 2 is 1.77 bits per heavy atom. The van der Waals surface area contributed by atoms with Crippen molar-refractivity contribution >= 4 is 23.2 Å². The molecule has 2 fully saturated rings. The van der Waals surface area contributed by atoms with Crippen molar-refractivity contribution < 1.29 is 19.4 Å². The van der Waals surface area contributed by atoms with E-state index in [-0.39, 0.29) is 29.9 Å². The van der Waals surface area contributed by atoms with Gasteiger partial charge in [-0.3, -0.25) is 4.79 Å². The highest BCUT2D eigenvalue weighted by Crippen LogP contribution is 2.62. The second-order valence-electron chi connectivity index (χ2n) is 14.1. The monoisotopic (exact) mass is 611 g/mol. The summed E-state index contributed by atoms with van der Waals surface area (Å²) in [5.74, 6) is 3.55. The molecule has 5 nitrogen and oxygen atoms in total. The number of anilines is 1. The molecular formula is C38H42ClNO4. The molecule has 2 bridgehead atoms. The van der Waals surface area contributed by atoms with Crippen molar-refractivity contribution in [1.29, 1.82) is 0 Å². The van der Waals surface area contributed by atoms with Gasteiger partial charge in [0.25, 0.3) is 0 Å². The zero-order valence-electron chi connectivity index (χ0n) is 26.3. The van der Waals surface area contributed by atoms with E-state index in [2.05, 4.69) is 13.0 Å². The molecule has 0 aromatic heterocycles. The van der Waals surface area contributed by atoms with E-state index in [1.54, 1.807) is 12.7 Å². The minimum Gasteiger partial charge on any atom is -0.493 e. The van der Waals surface area contributed by atoms with Gasteiger partial charge in [0.05, 0.1) is 31.3 Å². The fraction of sp³-hybridized carbons (Fsp3) is 0.447. The van der Waals surface area contributed by atoms with Crippen LogP contribution in [0.1, 0.15) is 81.7 Å². The number of amides is 1. The molecule has 7 rings (SSSR count). The van der Waals surface area contributed by atoms with Crippen molar-refractivity contribution in [2.75, 3.05) is 12.0 Å². The van der Waals surface area contributed by atoms with Gasteiger partial charge in [0.1, 0.15) is 0 Å². The number of fused-ring (bicyclic) bond motifs is 2. The quantitative estimate of drug-likeness (QED) is 0.273. The second kappa shape index (κ2) is 10.7. The maximum Gasteiger partial charge on any atom is 0.232 e. The molecule has 1 aliphatic heterocycles. The Morgan fingerprint density at radius 1 is 1.05 bits per heavy atom. The van der Waals surface area contributed by atoms with Crippen LogP contribution in [0.3, 0.4) is 0 Å². The van der Waals surface area contributed by atoms with Crippen molar-refractivity contribution in [3.63, 3.8) is 0 Å². The van der Waals surface area contributed by atoms with Gasteiger partial charge in [-0.25, -0.2) is 0 Å². The molecule has 3 aliphatic carbocycles. The first-order chi connectivity index (χ1) is 21.0. The van der Waals surface area contributed by atoms with Crippen molar-refractivity contribution in [2.45, 2.75) is 77.5 Å². The zero-order chi connectivity index (χ0) is 31.0. The lowest BCUT2D eigenvalue weighted by Gasteiger charge is -2.46. The van der Waals surface area contributed by atoms with Gasteiger partial charge in [-0.2, -0.15) is 0 Å². The Bertz CT molecular complexity index is 1630. The molecule has 1 heterocycles. The molecule has 4 unspecified atom stereocenters. The molecule has 1 N–H and O–H groups in total. The first-order valence-electron chi connectivity index (χ1n) is 16.0. The second-order valence-corrected chi connectivity index (χ2v) is 14.6. The Kier molecular flexibility index (Phi) is 7.13. The molecule has 1 amide bonds. The molecule has 3 aromatic carbocycles. The Hall–Kier alpha value is -3.28. The van der Waals surface area contributed by atoms with Crippen LogP contribution in [0.5, 0.6) is 11.5 Å². The van der Waals surface area contributed by atoms with Crippen molar-refractivity contribution in [3.05, 3.63) is 99.6 Å². The highest BCUT2D eigenvalue weighted by Gasteiger charge is 2.53. The summed E-state index contributed by atoms with van der Waals surface area (Å²) >= 11 is 6.29. The summed E-state index contributed by atoms with van der Waals surface area (Å²) in [5.41, 5.74) is 4.69. The van der Waals surface area contributed by atoms with Crippen LogP contribution < -0.4 is 14.4 Å². The smallest absolute Gasteiger partial charge is 0.232 e. The van der Waals surface area contributed by atoms with E-state index in [1.807, 2.05) is 86.3 Å². The topological polar surface area (TPSA) is 59.0 Å². The van der Waals surface area contributed by atoms with E-state index in [4.69, 9.17) is 21.1 Å². The van der Waals surface area contributed by atoms with Crippen LogP contribution >= 0.6 is 11.6 Å². The van der Waals surface area contributed by atoms with Gasteiger partial charge >= 0.3 is 0 Å². The lowest BCUT2D eigenvalue weighted by Crippen LogP contribution is -2.43. The normalized spacial score (nSPS) is 28.5. The molecule has 0 spiro atoms. The summed E-state index contributed by atoms with van der Waals surface area (Å²) in [6.07, 6.45) is 7.40. The molecule has 230 valence electrons. The summed E-state index contributed by atoms with van der Waals surface area (Å²) < 4.78 is 11.8. The number of methoxy groups -OCH3 is 1. The molecule has 0 radical (unpaired) electrons. The fourth-order valence-corrected chi connectivity index (χ4v) is 8.68. The van der Waals surface area contributed by atoms with Crippen LogP contribution in [0.25, 0.3) is 0 Å². The molecule has 6 atom stereocenters. The lowest BCUT2D eigenvalue weighted by atomic mass is 9.62. The molecule has 6 heteroatoms. The molecule has 2 saturated carbocycles. The lowest BCUT2D eigenvalue weighted by molar-refractivity contribution is -0.118. The maximum absolute atomic E-state index is 14.0. The van der Waals surface area contributed by atoms with E-state index in [0.717, 1.165) is 46.2 Å². The van der Waals surface area contributed by atoms with Gasteiger partial charge in [0.15, 0.2) is 11.5 Å². The van der Waals surface area contributed by atoms with Gasteiger partial charge in [-0.15, -0.1) is 0 Å². The summed E-state index contributed by atoms with van der Waals surface area (Å²) in [4.78, 5) is 15.8. The highest BCUT2D eigenvalue weighted by molar-refractivity contribution is 6.30. The highest BCUT2D eigenvalue weighted by atomic mass is 35.5. The molecule has 4 aliphatic rings. The third kappa shape index (κ3) is 4.75. The number of benzene rings is 3. The molecule has 3 aromatic rings. The first-order valence-corrected chi connectivity index (χ1v) is 16.3. The number of nitrogens with zero attached hydrogens (tertiary/aromatic N) is 1. The van der Waals surface area contributed by atoms with Gasteiger partial charge in [-0.05, 0) is 123 Å². The largest absolute Gasteiger partial charge is 0.493 e. The van der Waals surface area contributed by atoms with E-state index in [9.17, 15) is 9.90 Å². The number of halogens is 1. The Morgan fingerprint density at radius 3 is 2.45 bits per heavy atom. The van der Waals surface area contributed by atoms with Crippen LogP contribution in [0.15, 0.2) is 72.3 Å². The predicted molar refractivity (Wildman–Crippen MR) is 174 cm³/mol. The summed E-state index contributed by atoms with van der Waals surface area (Å²) in [6.45, 7) is 8.17. The van der Waals surface area contributed by atoms with Crippen LogP contribution in [-0.4, -0.2) is 24.2 Å². The number of carbonyl (C=O) groups is 1. The number of hydrogen-bond acceptors (Lipinski definition) is 4. The number of allylic oxidation sites excluding steroid dienone is 1. The standard InChI is InChI=1S/C38H42ClNO4/c1-22(2)44-34-19-32-26(17-33(34)43-5)18-35(41)40(36(32)24-6-10-29(39)11-7-24)30-12-8-28(9-13-30)38(4,42)37(3)20-23-14-25-16-27(21-37)31(25)15-23/h6-13,17,19,21-23,25,31,36,42H,14-16,18,20H2,1-5H3/t23?,25?,31?,36-,37?,38-/m0/s1. The third-order valence-corrected chi connectivity index (χ3v) is 11.2. The average Bonchev–Trinajstić information content (AvgIpc) is 3.23. The number of rotatable bonds is 7. The minimum absolute atomic E-state index is 0.00688. The van der Waals surface area contributed by atoms with Crippen molar-refractivity contribution in [3.8, 4) is 11.5 Å². The minimum atomic E-state index is -1.04. The van der Waals surface area contributed by atoms with Crippen LogP contribution in [0, 0.1) is 23.2 Å². The van der Waals surface area contributed by atoms with Crippen LogP contribution in [0.2, 0.25) is 5.02 Å². The molecular weight excluding hydrogens is 570 g/mol. The SMILES string of the molecule is COc1cc2c(cc1OC(C)C)[C@H](c1ccc(Cl)cc1)N(c1ccc([C@](C)(O)C3(C)C=C4CC5CC(CC45)C3)cc1)C(=O)C2. The number of hydrogen-bond donors (Lipinski definition) is 1. The van der Waals surface area contributed by atoms with Gasteiger partial charge in [0.2, 0.25) is 5.91 Å².